The molecule has 0 unspecified atom stereocenters. The molecule has 4 aromatic rings. The summed E-state index contributed by atoms with van der Waals surface area (Å²) in [5.41, 5.74) is 1.75. The summed E-state index contributed by atoms with van der Waals surface area (Å²) in [7, 11) is 0. The molecule has 3 aromatic heterocycles. The molecule has 0 aliphatic rings. The molecule has 0 fully saturated rings. The molecule has 1 aromatic carbocycles. The number of nitrogens with zero attached hydrogens (tertiary/aromatic N) is 4. The summed E-state index contributed by atoms with van der Waals surface area (Å²) in [6, 6.07) is 11.5. The third-order valence-electron chi connectivity index (χ3n) is 3.35. The van der Waals surface area contributed by atoms with Crippen LogP contribution in [0.4, 0.5) is 0 Å². The zero-order valence-corrected chi connectivity index (χ0v) is 14.1. The fourth-order valence-corrected chi connectivity index (χ4v) is 3.65. The highest BCUT2D eigenvalue weighted by Crippen LogP contribution is 2.21. The standard InChI is InChI=1S/C16H12N4O2S2/c21-14-9-12(17-15-20(14)6-7-23-15)10-24-16-19-18-13(22-16)8-11-4-2-1-3-5-11/h1-7,9H,8,10H2. The zero-order chi connectivity index (χ0) is 16.4. The van der Waals surface area contributed by atoms with E-state index in [-0.39, 0.29) is 5.56 Å². The van der Waals surface area contributed by atoms with Crippen LogP contribution in [0, 0.1) is 0 Å². The Hall–Kier alpha value is -2.45. The van der Waals surface area contributed by atoms with E-state index in [1.165, 1.54) is 33.6 Å². The van der Waals surface area contributed by atoms with Crippen LogP contribution < -0.4 is 5.56 Å². The Morgan fingerprint density at radius 1 is 1.21 bits per heavy atom. The monoisotopic (exact) mass is 356 g/mol. The minimum absolute atomic E-state index is 0.0767. The third kappa shape index (κ3) is 3.24. The fourth-order valence-electron chi connectivity index (χ4n) is 2.24. The molecule has 0 radical (unpaired) electrons. The predicted octanol–water partition coefficient (Wildman–Crippen LogP) is 3.02. The van der Waals surface area contributed by atoms with Gasteiger partial charge in [0.15, 0.2) is 4.96 Å². The topological polar surface area (TPSA) is 73.3 Å². The number of benzene rings is 1. The van der Waals surface area contributed by atoms with E-state index in [2.05, 4.69) is 15.2 Å². The third-order valence-corrected chi connectivity index (χ3v) is 4.95. The van der Waals surface area contributed by atoms with Crippen molar-refractivity contribution in [1.82, 2.24) is 19.6 Å². The summed E-state index contributed by atoms with van der Waals surface area (Å²) < 4.78 is 7.18. The molecule has 120 valence electrons. The van der Waals surface area contributed by atoms with Crippen molar-refractivity contribution in [3.63, 3.8) is 0 Å². The Balaban J connectivity index is 1.45. The average molecular weight is 356 g/mol. The number of hydrogen-bond donors (Lipinski definition) is 0. The summed E-state index contributed by atoms with van der Waals surface area (Å²) in [5.74, 6) is 1.09. The Morgan fingerprint density at radius 3 is 2.96 bits per heavy atom. The van der Waals surface area contributed by atoms with Crippen molar-refractivity contribution in [3.05, 3.63) is 75.5 Å². The van der Waals surface area contributed by atoms with Gasteiger partial charge in [-0.3, -0.25) is 9.20 Å². The fraction of sp³-hybridized carbons (Fsp3) is 0.125. The van der Waals surface area contributed by atoms with Crippen molar-refractivity contribution in [2.75, 3.05) is 0 Å². The van der Waals surface area contributed by atoms with Gasteiger partial charge in [-0.15, -0.1) is 21.5 Å². The molecule has 24 heavy (non-hydrogen) atoms. The van der Waals surface area contributed by atoms with Crippen molar-refractivity contribution < 1.29 is 4.42 Å². The van der Waals surface area contributed by atoms with Gasteiger partial charge >= 0.3 is 0 Å². The van der Waals surface area contributed by atoms with Gasteiger partial charge in [-0.1, -0.05) is 42.1 Å². The Labute approximate surface area is 145 Å². The van der Waals surface area contributed by atoms with Crippen LogP contribution in [0.5, 0.6) is 0 Å². The van der Waals surface area contributed by atoms with Crippen LogP contribution in [0.3, 0.4) is 0 Å². The Kier molecular flexibility index (Phi) is 4.14. The molecule has 0 saturated heterocycles. The second-order valence-corrected chi connectivity index (χ2v) is 6.85. The lowest BCUT2D eigenvalue weighted by Gasteiger charge is -1.98. The molecule has 0 aliphatic heterocycles. The van der Waals surface area contributed by atoms with Gasteiger partial charge < -0.3 is 4.42 Å². The zero-order valence-electron chi connectivity index (χ0n) is 12.5. The Morgan fingerprint density at radius 2 is 2.08 bits per heavy atom. The van der Waals surface area contributed by atoms with E-state index in [9.17, 15) is 4.79 Å². The molecule has 0 atom stereocenters. The number of thiazole rings is 1. The van der Waals surface area contributed by atoms with E-state index in [1.807, 2.05) is 35.7 Å². The SMILES string of the molecule is O=c1cc(CSc2nnc(Cc3ccccc3)o2)nc2sccn12. The van der Waals surface area contributed by atoms with Crippen LogP contribution >= 0.6 is 23.1 Å². The maximum absolute atomic E-state index is 11.9. The highest BCUT2D eigenvalue weighted by molar-refractivity contribution is 7.98. The second-order valence-electron chi connectivity index (χ2n) is 5.05. The van der Waals surface area contributed by atoms with Crippen LogP contribution in [0.25, 0.3) is 4.96 Å². The van der Waals surface area contributed by atoms with Gasteiger partial charge in [0.05, 0.1) is 12.1 Å². The minimum atomic E-state index is -0.0767. The maximum atomic E-state index is 11.9. The van der Waals surface area contributed by atoms with E-state index < -0.39 is 0 Å². The lowest BCUT2D eigenvalue weighted by molar-refractivity contribution is 0.420. The lowest BCUT2D eigenvalue weighted by Crippen LogP contribution is -2.12. The number of rotatable bonds is 5. The molecular formula is C16H12N4O2S2. The van der Waals surface area contributed by atoms with Crippen LogP contribution in [-0.2, 0) is 12.2 Å². The number of aromatic nitrogens is 4. The van der Waals surface area contributed by atoms with Crippen LogP contribution in [0.15, 0.2) is 62.4 Å². The molecule has 0 bridgehead atoms. The smallest absolute Gasteiger partial charge is 0.276 e. The average Bonchev–Trinajstić information content (AvgIpc) is 3.23. The normalized spacial score (nSPS) is 11.2. The summed E-state index contributed by atoms with van der Waals surface area (Å²) in [6.45, 7) is 0. The van der Waals surface area contributed by atoms with E-state index in [1.54, 1.807) is 6.20 Å². The van der Waals surface area contributed by atoms with Gasteiger partial charge in [0.1, 0.15) is 0 Å². The summed E-state index contributed by atoms with van der Waals surface area (Å²) in [4.78, 5) is 17.1. The van der Waals surface area contributed by atoms with Crippen LogP contribution in [-0.4, -0.2) is 19.6 Å². The minimum Gasteiger partial charge on any atom is -0.416 e. The van der Waals surface area contributed by atoms with Crippen molar-refractivity contribution in [3.8, 4) is 0 Å². The summed E-state index contributed by atoms with van der Waals surface area (Å²) in [6.07, 6.45) is 2.33. The van der Waals surface area contributed by atoms with Crippen molar-refractivity contribution in [1.29, 1.82) is 0 Å². The molecule has 6 nitrogen and oxygen atoms in total. The molecular weight excluding hydrogens is 344 g/mol. The van der Waals surface area contributed by atoms with Gasteiger partial charge in [-0.25, -0.2) is 4.98 Å². The van der Waals surface area contributed by atoms with Gasteiger partial charge in [-0.05, 0) is 5.56 Å². The second kappa shape index (κ2) is 6.58. The summed E-state index contributed by atoms with van der Waals surface area (Å²) in [5, 5.41) is 10.4. The van der Waals surface area contributed by atoms with Crippen molar-refractivity contribution >= 4 is 28.1 Å². The number of fused-ring (bicyclic) bond motifs is 1. The van der Waals surface area contributed by atoms with Gasteiger partial charge in [0.25, 0.3) is 10.8 Å². The highest BCUT2D eigenvalue weighted by atomic mass is 32.2. The van der Waals surface area contributed by atoms with Gasteiger partial charge in [-0.2, -0.15) is 0 Å². The van der Waals surface area contributed by atoms with E-state index >= 15 is 0 Å². The molecule has 0 spiro atoms. The Bertz CT molecular complexity index is 1020. The first-order valence-corrected chi connectivity index (χ1v) is 9.09. The predicted molar refractivity (Wildman–Crippen MR) is 92.4 cm³/mol. The molecule has 3 heterocycles. The molecule has 8 heteroatoms. The molecule has 0 N–H and O–H groups in total. The van der Waals surface area contributed by atoms with Gasteiger partial charge in [0.2, 0.25) is 5.89 Å². The van der Waals surface area contributed by atoms with Crippen LogP contribution in [0.2, 0.25) is 0 Å². The van der Waals surface area contributed by atoms with Crippen molar-refractivity contribution in [2.45, 2.75) is 17.4 Å². The van der Waals surface area contributed by atoms with E-state index in [0.29, 0.717) is 33.9 Å². The first-order valence-electron chi connectivity index (χ1n) is 7.23. The summed E-state index contributed by atoms with van der Waals surface area (Å²) >= 11 is 2.81. The van der Waals surface area contributed by atoms with E-state index in [4.69, 9.17) is 4.42 Å². The molecule has 4 rings (SSSR count). The van der Waals surface area contributed by atoms with Crippen LogP contribution in [0.1, 0.15) is 17.1 Å². The number of thioether (sulfide) groups is 1. The first kappa shape index (κ1) is 15.1. The first-order chi connectivity index (χ1) is 11.8. The van der Waals surface area contributed by atoms with E-state index in [0.717, 1.165) is 5.56 Å². The largest absolute Gasteiger partial charge is 0.416 e. The quantitative estimate of drug-likeness (QED) is 0.512. The van der Waals surface area contributed by atoms with Gasteiger partial charge in [0, 0.05) is 23.4 Å². The lowest BCUT2D eigenvalue weighted by atomic mass is 10.2. The number of hydrogen-bond acceptors (Lipinski definition) is 7. The molecule has 0 aliphatic carbocycles. The van der Waals surface area contributed by atoms with Crippen molar-refractivity contribution in [2.24, 2.45) is 0 Å². The molecule has 0 amide bonds. The molecule has 0 saturated carbocycles. The highest BCUT2D eigenvalue weighted by Gasteiger charge is 2.10. The maximum Gasteiger partial charge on any atom is 0.276 e.